The third-order valence-electron chi connectivity index (χ3n) is 5.14. The van der Waals surface area contributed by atoms with Crippen LogP contribution in [0, 0.1) is 5.92 Å². The molecule has 0 saturated carbocycles. The number of nitrogens with one attached hydrogen (secondary N) is 2. The number of Topliss-reactive ketones (excluding diaryl/α,β-unsaturated/α-hetero) is 1. The number of carbonyl (C=O) groups excluding carboxylic acids is 1. The molecule has 0 atom stereocenters. The van der Waals surface area contributed by atoms with Crippen LogP contribution >= 0.6 is 0 Å². The van der Waals surface area contributed by atoms with Gasteiger partial charge in [-0.2, -0.15) is 0 Å². The molecule has 3 aromatic heterocycles. The zero-order chi connectivity index (χ0) is 20.2. The first-order valence-electron chi connectivity index (χ1n) is 10.2. The molecule has 7 heteroatoms. The predicted molar refractivity (Wildman–Crippen MR) is 114 cm³/mol. The summed E-state index contributed by atoms with van der Waals surface area (Å²) >= 11 is 0. The number of fused-ring (bicyclic) bond motifs is 1. The highest BCUT2D eigenvalue weighted by Gasteiger charge is 2.21. The summed E-state index contributed by atoms with van der Waals surface area (Å²) in [6.45, 7) is 5.95. The number of hydrogen-bond donors (Lipinski definition) is 2. The Bertz CT molecular complexity index is 1010. The van der Waals surface area contributed by atoms with E-state index in [-0.39, 0.29) is 17.7 Å². The number of carbonyl (C=O) groups is 1. The molecule has 0 spiro atoms. The standard InChI is InChI=1S/C22H26N6O/c1-14(2)27-22-13-24-12-20(28-22)19-8-16-7-18(25-10-17(16)11-26-19)9-21(29)15-3-5-23-6-4-15/h7-8,10-15,23H,3-6,9H2,1-2H3,(H,27,28). The molecule has 4 heterocycles. The first kappa shape index (κ1) is 19.4. The van der Waals surface area contributed by atoms with Gasteiger partial charge in [-0.05, 0) is 57.3 Å². The number of ketones is 1. The van der Waals surface area contributed by atoms with Crippen molar-refractivity contribution in [1.82, 2.24) is 25.3 Å². The topological polar surface area (TPSA) is 92.7 Å². The second kappa shape index (κ2) is 8.61. The van der Waals surface area contributed by atoms with Crippen LogP contribution in [0.1, 0.15) is 32.4 Å². The van der Waals surface area contributed by atoms with Gasteiger partial charge in [0, 0.05) is 41.9 Å². The molecule has 7 nitrogen and oxygen atoms in total. The molecule has 4 rings (SSSR count). The van der Waals surface area contributed by atoms with E-state index in [0.29, 0.717) is 12.1 Å². The van der Waals surface area contributed by atoms with Crippen molar-refractivity contribution in [2.24, 2.45) is 5.92 Å². The van der Waals surface area contributed by atoms with Crippen molar-refractivity contribution in [2.45, 2.75) is 39.2 Å². The van der Waals surface area contributed by atoms with Crippen molar-refractivity contribution in [3.05, 3.63) is 42.6 Å². The van der Waals surface area contributed by atoms with Crippen LogP contribution in [0.4, 0.5) is 5.82 Å². The minimum Gasteiger partial charge on any atom is -0.367 e. The number of aromatic nitrogens is 4. The van der Waals surface area contributed by atoms with E-state index in [4.69, 9.17) is 0 Å². The molecule has 1 aliphatic heterocycles. The first-order valence-corrected chi connectivity index (χ1v) is 10.2. The molecule has 2 N–H and O–H groups in total. The van der Waals surface area contributed by atoms with Gasteiger partial charge in [-0.3, -0.25) is 19.7 Å². The fraction of sp³-hybridized carbons (Fsp3) is 0.409. The second-order valence-electron chi connectivity index (χ2n) is 7.85. The number of hydrogen-bond acceptors (Lipinski definition) is 7. The average molecular weight is 390 g/mol. The van der Waals surface area contributed by atoms with Gasteiger partial charge in [0.25, 0.3) is 0 Å². The summed E-state index contributed by atoms with van der Waals surface area (Å²) in [5.41, 5.74) is 2.26. The van der Waals surface area contributed by atoms with Gasteiger partial charge in [0.2, 0.25) is 0 Å². The van der Waals surface area contributed by atoms with Crippen molar-refractivity contribution in [3.63, 3.8) is 0 Å². The van der Waals surface area contributed by atoms with Crippen LogP contribution in [0.15, 0.2) is 36.9 Å². The zero-order valence-corrected chi connectivity index (χ0v) is 16.9. The molecule has 3 aromatic rings. The number of piperidine rings is 1. The Balaban J connectivity index is 1.57. The molecule has 0 amide bonds. The molecular formula is C22H26N6O. The van der Waals surface area contributed by atoms with Crippen LogP contribution < -0.4 is 10.6 Å². The number of pyridine rings is 2. The molecule has 0 unspecified atom stereocenters. The molecule has 29 heavy (non-hydrogen) atoms. The van der Waals surface area contributed by atoms with E-state index in [1.54, 1.807) is 24.8 Å². The molecule has 0 aliphatic carbocycles. The maximum absolute atomic E-state index is 12.6. The van der Waals surface area contributed by atoms with Crippen molar-refractivity contribution in [2.75, 3.05) is 18.4 Å². The molecule has 150 valence electrons. The summed E-state index contributed by atoms with van der Waals surface area (Å²) in [5.74, 6) is 1.15. The van der Waals surface area contributed by atoms with Gasteiger partial charge in [-0.1, -0.05) is 0 Å². The Morgan fingerprint density at radius 1 is 1.07 bits per heavy atom. The third kappa shape index (κ3) is 4.74. The van der Waals surface area contributed by atoms with E-state index in [1.165, 1.54) is 0 Å². The van der Waals surface area contributed by atoms with Gasteiger partial charge >= 0.3 is 0 Å². The van der Waals surface area contributed by atoms with E-state index < -0.39 is 0 Å². The number of nitrogens with zero attached hydrogens (tertiary/aromatic N) is 4. The van der Waals surface area contributed by atoms with Gasteiger partial charge in [0.05, 0.1) is 18.1 Å². The molecule has 1 fully saturated rings. The van der Waals surface area contributed by atoms with Gasteiger partial charge in [-0.15, -0.1) is 0 Å². The van der Waals surface area contributed by atoms with Gasteiger partial charge < -0.3 is 10.6 Å². The highest BCUT2D eigenvalue weighted by molar-refractivity contribution is 5.87. The van der Waals surface area contributed by atoms with Crippen LogP contribution in [-0.2, 0) is 11.2 Å². The molecule has 0 aromatic carbocycles. The lowest BCUT2D eigenvalue weighted by Gasteiger charge is -2.21. The minimum absolute atomic E-state index is 0.146. The first-order chi connectivity index (χ1) is 14.1. The Kier molecular flexibility index (Phi) is 5.76. The Hall–Kier alpha value is -2.93. The molecule has 0 bridgehead atoms. The zero-order valence-electron chi connectivity index (χ0n) is 16.9. The SMILES string of the molecule is CC(C)Nc1cncc(-c2cc3cc(CC(=O)C4CCNCC4)ncc3cn2)n1. The van der Waals surface area contributed by atoms with Crippen LogP contribution in [-0.4, -0.2) is 44.9 Å². The fourth-order valence-corrected chi connectivity index (χ4v) is 3.64. The molecule has 0 radical (unpaired) electrons. The highest BCUT2D eigenvalue weighted by atomic mass is 16.1. The summed E-state index contributed by atoms with van der Waals surface area (Å²) in [7, 11) is 0. The quantitative estimate of drug-likeness (QED) is 0.668. The van der Waals surface area contributed by atoms with Crippen LogP contribution in [0.3, 0.4) is 0 Å². The van der Waals surface area contributed by atoms with Crippen molar-refractivity contribution >= 4 is 22.4 Å². The normalized spacial score (nSPS) is 15.0. The number of rotatable bonds is 6. The van der Waals surface area contributed by atoms with Crippen molar-refractivity contribution in [3.8, 4) is 11.4 Å². The van der Waals surface area contributed by atoms with Gasteiger partial charge in [-0.25, -0.2) is 4.98 Å². The van der Waals surface area contributed by atoms with E-state index in [9.17, 15) is 4.79 Å². The highest BCUT2D eigenvalue weighted by Crippen LogP contribution is 2.22. The summed E-state index contributed by atoms with van der Waals surface area (Å²) in [4.78, 5) is 30.5. The average Bonchev–Trinajstić information content (AvgIpc) is 2.73. The lowest BCUT2D eigenvalue weighted by atomic mass is 9.91. The molecular weight excluding hydrogens is 364 g/mol. The van der Waals surface area contributed by atoms with E-state index in [2.05, 4.69) is 44.4 Å². The van der Waals surface area contributed by atoms with Crippen LogP contribution in [0.5, 0.6) is 0 Å². The van der Waals surface area contributed by atoms with E-state index >= 15 is 0 Å². The minimum atomic E-state index is 0.146. The van der Waals surface area contributed by atoms with Crippen molar-refractivity contribution in [1.29, 1.82) is 0 Å². The van der Waals surface area contributed by atoms with Gasteiger partial charge in [0.15, 0.2) is 0 Å². The maximum atomic E-state index is 12.6. The fourth-order valence-electron chi connectivity index (χ4n) is 3.64. The summed E-state index contributed by atoms with van der Waals surface area (Å²) in [6, 6.07) is 4.25. The van der Waals surface area contributed by atoms with Crippen molar-refractivity contribution < 1.29 is 4.79 Å². The lowest BCUT2D eigenvalue weighted by molar-refractivity contribution is -0.123. The molecule has 1 aliphatic rings. The van der Waals surface area contributed by atoms with E-state index in [0.717, 1.165) is 53.9 Å². The monoisotopic (exact) mass is 390 g/mol. The molecule has 1 saturated heterocycles. The maximum Gasteiger partial charge on any atom is 0.145 e. The van der Waals surface area contributed by atoms with Gasteiger partial charge in [0.1, 0.15) is 17.3 Å². The van der Waals surface area contributed by atoms with Crippen LogP contribution in [0.2, 0.25) is 0 Å². The smallest absolute Gasteiger partial charge is 0.145 e. The second-order valence-corrected chi connectivity index (χ2v) is 7.85. The Morgan fingerprint density at radius 2 is 1.86 bits per heavy atom. The summed E-state index contributed by atoms with van der Waals surface area (Å²) < 4.78 is 0. The number of anilines is 1. The Labute approximate surface area is 170 Å². The third-order valence-corrected chi connectivity index (χ3v) is 5.14. The summed E-state index contributed by atoms with van der Waals surface area (Å²) in [5, 5.41) is 8.51. The lowest BCUT2D eigenvalue weighted by Crippen LogP contribution is -2.32. The Morgan fingerprint density at radius 3 is 2.66 bits per heavy atom. The largest absolute Gasteiger partial charge is 0.367 e. The predicted octanol–water partition coefficient (Wildman–Crippen LogP) is 3.02. The van der Waals surface area contributed by atoms with E-state index in [1.807, 2.05) is 12.1 Å². The summed E-state index contributed by atoms with van der Waals surface area (Å²) in [6.07, 6.45) is 9.22. The van der Waals surface area contributed by atoms with Crippen LogP contribution in [0.25, 0.3) is 22.2 Å².